The van der Waals surface area contributed by atoms with Gasteiger partial charge in [0.25, 0.3) is 0 Å². The molecule has 0 aromatic heterocycles. The average molecular weight is 304 g/mol. The highest BCUT2D eigenvalue weighted by atomic mass is 35.5. The Hall–Kier alpha value is -1.35. The zero-order chi connectivity index (χ0) is 14.9. The Labute approximate surface area is 132 Å². The summed E-state index contributed by atoms with van der Waals surface area (Å²) < 4.78 is 6.10. The minimum atomic E-state index is 0.0634. The summed E-state index contributed by atoms with van der Waals surface area (Å²) in [7, 11) is 0. The summed E-state index contributed by atoms with van der Waals surface area (Å²) in [5.41, 5.74) is 2.34. The molecular formula is C18H22ClNO. The van der Waals surface area contributed by atoms with E-state index in [2.05, 4.69) is 24.4 Å². The van der Waals surface area contributed by atoms with E-state index in [4.69, 9.17) is 16.3 Å². The molecule has 2 aromatic carbocycles. The van der Waals surface area contributed by atoms with Crippen molar-refractivity contribution in [3.8, 4) is 0 Å². The highest BCUT2D eigenvalue weighted by Crippen LogP contribution is 2.19. The third-order valence-electron chi connectivity index (χ3n) is 3.29. The van der Waals surface area contributed by atoms with Crippen molar-refractivity contribution in [2.75, 3.05) is 13.1 Å². The van der Waals surface area contributed by atoms with E-state index in [1.807, 2.05) is 42.5 Å². The zero-order valence-corrected chi connectivity index (χ0v) is 13.1. The first kappa shape index (κ1) is 16.0. The van der Waals surface area contributed by atoms with Crippen molar-refractivity contribution < 1.29 is 4.74 Å². The van der Waals surface area contributed by atoms with Gasteiger partial charge in [-0.3, -0.25) is 0 Å². The van der Waals surface area contributed by atoms with Crippen LogP contribution in [0.3, 0.4) is 0 Å². The van der Waals surface area contributed by atoms with Gasteiger partial charge in [-0.15, -0.1) is 0 Å². The minimum Gasteiger partial charge on any atom is -0.368 e. The Balaban J connectivity index is 1.96. The zero-order valence-electron chi connectivity index (χ0n) is 12.4. The van der Waals surface area contributed by atoms with Gasteiger partial charge >= 0.3 is 0 Å². The van der Waals surface area contributed by atoms with Gasteiger partial charge in [-0.2, -0.15) is 0 Å². The van der Waals surface area contributed by atoms with Crippen LogP contribution >= 0.6 is 11.6 Å². The molecule has 1 atom stereocenters. The number of rotatable bonds is 8. The van der Waals surface area contributed by atoms with Crippen LogP contribution in [0, 0.1) is 0 Å². The van der Waals surface area contributed by atoms with Gasteiger partial charge in [0.1, 0.15) is 0 Å². The molecule has 2 nitrogen and oxygen atoms in total. The molecule has 2 aromatic rings. The maximum absolute atomic E-state index is 6.10. The second-order valence-corrected chi connectivity index (χ2v) is 5.48. The third kappa shape index (κ3) is 5.50. The summed E-state index contributed by atoms with van der Waals surface area (Å²) in [5.74, 6) is 0. The standard InChI is InChI=1S/C18H22ClNO/c1-2-12-20-13-18(16-6-4-3-5-7-16)21-14-15-8-10-17(19)11-9-15/h3-11,18,20H,2,12-14H2,1H3. The molecule has 1 N–H and O–H groups in total. The van der Waals surface area contributed by atoms with Crippen LogP contribution in [0.4, 0.5) is 0 Å². The lowest BCUT2D eigenvalue weighted by Gasteiger charge is -2.19. The number of hydrogen-bond acceptors (Lipinski definition) is 2. The summed E-state index contributed by atoms with van der Waals surface area (Å²) in [5, 5.41) is 4.19. The number of hydrogen-bond donors (Lipinski definition) is 1. The highest BCUT2D eigenvalue weighted by Gasteiger charge is 2.11. The molecule has 0 aliphatic heterocycles. The lowest BCUT2D eigenvalue weighted by Crippen LogP contribution is -2.24. The fraction of sp³-hybridized carbons (Fsp3) is 0.333. The van der Waals surface area contributed by atoms with E-state index in [9.17, 15) is 0 Å². The first-order valence-electron chi connectivity index (χ1n) is 7.41. The Morgan fingerprint density at radius 3 is 2.43 bits per heavy atom. The van der Waals surface area contributed by atoms with E-state index in [-0.39, 0.29) is 6.10 Å². The van der Waals surface area contributed by atoms with Crippen molar-refractivity contribution in [3.05, 3.63) is 70.7 Å². The van der Waals surface area contributed by atoms with Gasteiger partial charge in [0.05, 0.1) is 12.7 Å². The van der Waals surface area contributed by atoms with Crippen LogP contribution in [0.1, 0.15) is 30.6 Å². The van der Waals surface area contributed by atoms with Crippen LogP contribution in [0.15, 0.2) is 54.6 Å². The number of halogens is 1. The second-order valence-electron chi connectivity index (χ2n) is 5.04. The number of nitrogens with one attached hydrogen (secondary N) is 1. The SMILES string of the molecule is CCCNCC(OCc1ccc(Cl)cc1)c1ccccc1. The summed E-state index contributed by atoms with van der Waals surface area (Å²) in [6, 6.07) is 18.1. The van der Waals surface area contributed by atoms with Crippen LogP contribution in [-0.4, -0.2) is 13.1 Å². The summed E-state index contributed by atoms with van der Waals surface area (Å²) in [6.07, 6.45) is 1.19. The quantitative estimate of drug-likeness (QED) is 0.720. The molecule has 0 fully saturated rings. The predicted molar refractivity (Wildman–Crippen MR) is 88.6 cm³/mol. The average Bonchev–Trinajstić information content (AvgIpc) is 2.53. The van der Waals surface area contributed by atoms with Gasteiger partial charge in [0.15, 0.2) is 0 Å². The maximum atomic E-state index is 6.10. The van der Waals surface area contributed by atoms with Crippen LogP contribution in [-0.2, 0) is 11.3 Å². The van der Waals surface area contributed by atoms with E-state index in [1.54, 1.807) is 0 Å². The van der Waals surface area contributed by atoms with E-state index in [0.717, 1.165) is 30.1 Å². The lowest BCUT2D eigenvalue weighted by molar-refractivity contribution is 0.0399. The molecule has 0 bridgehead atoms. The summed E-state index contributed by atoms with van der Waals surface area (Å²) >= 11 is 5.90. The van der Waals surface area contributed by atoms with E-state index >= 15 is 0 Å². The van der Waals surface area contributed by atoms with Crippen molar-refractivity contribution >= 4 is 11.6 Å². The lowest BCUT2D eigenvalue weighted by atomic mass is 10.1. The van der Waals surface area contributed by atoms with Crippen LogP contribution in [0.25, 0.3) is 0 Å². The van der Waals surface area contributed by atoms with Crippen LogP contribution in [0.5, 0.6) is 0 Å². The monoisotopic (exact) mass is 303 g/mol. The number of benzene rings is 2. The van der Waals surface area contributed by atoms with Gasteiger partial charge in [0, 0.05) is 11.6 Å². The van der Waals surface area contributed by atoms with Crippen LogP contribution in [0.2, 0.25) is 5.02 Å². The fourth-order valence-corrected chi connectivity index (χ4v) is 2.25. The molecule has 1 unspecified atom stereocenters. The number of ether oxygens (including phenoxy) is 1. The van der Waals surface area contributed by atoms with E-state index in [1.165, 1.54) is 5.56 Å². The van der Waals surface area contributed by atoms with Crippen molar-refractivity contribution in [1.29, 1.82) is 0 Å². The van der Waals surface area contributed by atoms with Crippen molar-refractivity contribution in [3.63, 3.8) is 0 Å². The molecular weight excluding hydrogens is 282 g/mol. The molecule has 0 radical (unpaired) electrons. The molecule has 0 heterocycles. The fourth-order valence-electron chi connectivity index (χ4n) is 2.13. The van der Waals surface area contributed by atoms with E-state index < -0.39 is 0 Å². The normalized spacial score (nSPS) is 12.3. The van der Waals surface area contributed by atoms with Crippen molar-refractivity contribution in [2.24, 2.45) is 0 Å². The summed E-state index contributed by atoms with van der Waals surface area (Å²) in [4.78, 5) is 0. The van der Waals surface area contributed by atoms with Crippen molar-refractivity contribution in [2.45, 2.75) is 26.1 Å². The van der Waals surface area contributed by atoms with E-state index in [0.29, 0.717) is 6.61 Å². The van der Waals surface area contributed by atoms with Gasteiger partial charge in [-0.1, -0.05) is 61.0 Å². The molecule has 0 aliphatic carbocycles. The Kier molecular flexibility index (Phi) is 6.74. The molecule has 0 amide bonds. The van der Waals surface area contributed by atoms with Gasteiger partial charge < -0.3 is 10.1 Å². The Bertz CT molecular complexity index is 513. The predicted octanol–water partition coefficient (Wildman–Crippen LogP) is 4.60. The topological polar surface area (TPSA) is 21.3 Å². The molecule has 0 saturated heterocycles. The molecule has 0 aliphatic rings. The largest absolute Gasteiger partial charge is 0.368 e. The molecule has 0 spiro atoms. The smallest absolute Gasteiger partial charge is 0.0953 e. The Morgan fingerprint density at radius 2 is 1.76 bits per heavy atom. The maximum Gasteiger partial charge on any atom is 0.0953 e. The highest BCUT2D eigenvalue weighted by molar-refractivity contribution is 6.30. The molecule has 2 rings (SSSR count). The first-order chi connectivity index (χ1) is 10.3. The molecule has 0 saturated carbocycles. The summed E-state index contributed by atoms with van der Waals surface area (Å²) in [6.45, 7) is 4.59. The van der Waals surface area contributed by atoms with Crippen molar-refractivity contribution in [1.82, 2.24) is 5.32 Å². The molecule has 112 valence electrons. The molecule has 3 heteroatoms. The third-order valence-corrected chi connectivity index (χ3v) is 3.54. The van der Waals surface area contributed by atoms with Gasteiger partial charge in [-0.05, 0) is 36.2 Å². The second kappa shape index (κ2) is 8.83. The Morgan fingerprint density at radius 1 is 1.05 bits per heavy atom. The van der Waals surface area contributed by atoms with Gasteiger partial charge in [0.2, 0.25) is 0 Å². The molecule has 21 heavy (non-hydrogen) atoms. The van der Waals surface area contributed by atoms with Gasteiger partial charge in [-0.25, -0.2) is 0 Å². The minimum absolute atomic E-state index is 0.0634. The first-order valence-corrected chi connectivity index (χ1v) is 7.79. The van der Waals surface area contributed by atoms with Crippen LogP contribution < -0.4 is 5.32 Å².